The van der Waals surface area contributed by atoms with Crippen molar-refractivity contribution in [3.05, 3.63) is 21.3 Å². The van der Waals surface area contributed by atoms with Crippen LogP contribution < -0.4 is 5.32 Å². The van der Waals surface area contributed by atoms with E-state index in [1.165, 1.54) is 11.3 Å². The lowest BCUT2D eigenvalue weighted by Gasteiger charge is -2.32. The van der Waals surface area contributed by atoms with Gasteiger partial charge >= 0.3 is 0 Å². The van der Waals surface area contributed by atoms with E-state index in [4.69, 9.17) is 11.6 Å². The van der Waals surface area contributed by atoms with Crippen LogP contribution in [0.4, 0.5) is 0 Å². The molecule has 1 unspecified atom stereocenters. The molecule has 1 aromatic rings. The van der Waals surface area contributed by atoms with E-state index in [1.54, 1.807) is 11.3 Å². The van der Waals surface area contributed by atoms with Gasteiger partial charge in [0.2, 0.25) is 5.91 Å². The summed E-state index contributed by atoms with van der Waals surface area (Å²) < 4.78 is 0.797. The number of nitrogens with zero attached hydrogens (tertiary/aromatic N) is 1. The third kappa shape index (κ3) is 4.95. The SMILES string of the molecule is CNC1CCCN(C(=O)CCc2ccc(Cl)s2)C1.Cl. The Morgan fingerprint density at radius 1 is 1.58 bits per heavy atom. The highest BCUT2D eigenvalue weighted by atomic mass is 35.5. The summed E-state index contributed by atoms with van der Waals surface area (Å²) in [6.07, 6.45) is 3.66. The standard InChI is InChI=1S/C13H19ClN2OS.ClH/c1-15-10-3-2-8-16(9-10)13(17)7-5-11-4-6-12(14)18-11;/h4,6,10,15H,2-3,5,7-9H2,1H3;1H. The summed E-state index contributed by atoms with van der Waals surface area (Å²) in [5.41, 5.74) is 0. The number of nitrogens with one attached hydrogen (secondary N) is 1. The molecule has 0 aromatic carbocycles. The average Bonchev–Trinajstić information content (AvgIpc) is 2.82. The van der Waals surface area contributed by atoms with Crippen LogP contribution in [0, 0.1) is 0 Å². The quantitative estimate of drug-likeness (QED) is 0.924. The number of aryl methyl sites for hydroxylation is 1. The van der Waals surface area contributed by atoms with E-state index in [9.17, 15) is 4.79 Å². The van der Waals surface area contributed by atoms with Crippen LogP contribution in [-0.4, -0.2) is 37.0 Å². The Balaban J connectivity index is 0.00000180. The van der Waals surface area contributed by atoms with Crippen molar-refractivity contribution in [1.29, 1.82) is 0 Å². The molecule has 108 valence electrons. The zero-order chi connectivity index (χ0) is 13.0. The largest absolute Gasteiger partial charge is 0.341 e. The minimum Gasteiger partial charge on any atom is -0.341 e. The van der Waals surface area contributed by atoms with Crippen LogP contribution in [-0.2, 0) is 11.2 Å². The molecule has 2 rings (SSSR count). The van der Waals surface area contributed by atoms with Crippen LogP contribution in [0.25, 0.3) is 0 Å². The fourth-order valence-electron chi connectivity index (χ4n) is 2.31. The first-order chi connectivity index (χ1) is 8.69. The second kappa shape index (κ2) is 8.10. The topological polar surface area (TPSA) is 32.3 Å². The highest BCUT2D eigenvalue weighted by molar-refractivity contribution is 7.16. The van der Waals surface area contributed by atoms with Crippen LogP contribution in [0.2, 0.25) is 4.34 Å². The Hall–Kier alpha value is -0.290. The molecule has 1 N–H and O–H groups in total. The minimum atomic E-state index is 0. The van der Waals surface area contributed by atoms with Crippen LogP contribution in [0.15, 0.2) is 12.1 Å². The fraction of sp³-hybridized carbons (Fsp3) is 0.615. The summed E-state index contributed by atoms with van der Waals surface area (Å²) in [5.74, 6) is 0.263. The van der Waals surface area contributed by atoms with Crippen molar-refractivity contribution in [2.24, 2.45) is 0 Å². The van der Waals surface area contributed by atoms with Gasteiger partial charge in [0.15, 0.2) is 0 Å². The van der Waals surface area contributed by atoms with Crippen LogP contribution in [0.1, 0.15) is 24.1 Å². The maximum atomic E-state index is 12.1. The Morgan fingerprint density at radius 3 is 3.00 bits per heavy atom. The number of halogens is 2. The molecule has 0 aliphatic carbocycles. The number of carbonyl (C=O) groups excluding carboxylic acids is 1. The Morgan fingerprint density at radius 2 is 2.37 bits per heavy atom. The Bertz CT molecular complexity index is 411. The minimum absolute atomic E-state index is 0. The predicted molar refractivity (Wildman–Crippen MR) is 83.6 cm³/mol. The van der Waals surface area contributed by atoms with E-state index in [2.05, 4.69) is 5.32 Å². The number of amides is 1. The summed E-state index contributed by atoms with van der Waals surface area (Å²) in [6, 6.07) is 4.36. The van der Waals surface area contributed by atoms with Gasteiger partial charge in [0.1, 0.15) is 0 Å². The van der Waals surface area contributed by atoms with Gasteiger partial charge in [-0.05, 0) is 38.4 Å². The van der Waals surface area contributed by atoms with Crippen molar-refractivity contribution >= 4 is 41.3 Å². The molecule has 2 heterocycles. The third-order valence-corrected chi connectivity index (χ3v) is 4.69. The molecule has 1 aliphatic rings. The van der Waals surface area contributed by atoms with E-state index < -0.39 is 0 Å². The molecule has 0 saturated carbocycles. The molecule has 1 amide bonds. The number of carbonyl (C=O) groups is 1. The summed E-state index contributed by atoms with van der Waals surface area (Å²) in [6.45, 7) is 1.75. The highest BCUT2D eigenvalue weighted by Gasteiger charge is 2.22. The number of rotatable bonds is 4. The molecule has 1 aliphatic heterocycles. The predicted octanol–water partition coefficient (Wildman–Crippen LogP) is 2.97. The second-order valence-electron chi connectivity index (χ2n) is 4.67. The molecule has 19 heavy (non-hydrogen) atoms. The van der Waals surface area contributed by atoms with E-state index in [0.29, 0.717) is 12.5 Å². The van der Waals surface area contributed by atoms with E-state index >= 15 is 0 Å². The first-order valence-electron chi connectivity index (χ1n) is 6.38. The van der Waals surface area contributed by atoms with Crippen molar-refractivity contribution in [1.82, 2.24) is 10.2 Å². The first-order valence-corrected chi connectivity index (χ1v) is 7.57. The van der Waals surface area contributed by atoms with Gasteiger partial charge in [-0.3, -0.25) is 4.79 Å². The monoisotopic (exact) mass is 322 g/mol. The highest BCUT2D eigenvalue weighted by Crippen LogP contribution is 2.23. The summed E-state index contributed by atoms with van der Waals surface area (Å²) in [7, 11) is 1.96. The third-order valence-electron chi connectivity index (χ3n) is 3.40. The zero-order valence-electron chi connectivity index (χ0n) is 11.0. The molecule has 1 saturated heterocycles. The lowest BCUT2D eigenvalue weighted by Crippen LogP contribution is -2.47. The van der Waals surface area contributed by atoms with Gasteiger partial charge < -0.3 is 10.2 Å². The van der Waals surface area contributed by atoms with Crippen molar-refractivity contribution in [3.8, 4) is 0 Å². The summed E-state index contributed by atoms with van der Waals surface area (Å²) >= 11 is 7.44. The normalized spacial score (nSPS) is 19.1. The van der Waals surface area contributed by atoms with Crippen LogP contribution >= 0.6 is 35.3 Å². The van der Waals surface area contributed by atoms with Crippen molar-refractivity contribution in [2.75, 3.05) is 20.1 Å². The maximum absolute atomic E-state index is 12.1. The molecule has 6 heteroatoms. The maximum Gasteiger partial charge on any atom is 0.222 e. The summed E-state index contributed by atoms with van der Waals surface area (Å²) in [4.78, 5) is 15.3. The van der Waals surface area contributed by atoms with Crippen LogP contribution in [0.5, 0.6) is 0 Å². The zero-order valence-corrected chi connectivity index (χ0v) is 13.4. The molecule has 1 fully saturated rings. The molecule has 3 nitrogen and oxygen atoms in total. The first kappa shape index (κ1) is 16.8. The van der Waals surface area contributed by atoms with E-state index in [0.717, 1.165) is 30.3 Å². The molecule has 0 bridgehead atoms. The van der Waals surface area contributed by atoms with Gasteiger partial charge in [0.25, 0.3) is 0 Å². The van der Waals surface area contributed by atoms with E-state index in [-0.39, 0.29) is 18.3 Å². The molecule has 1 aromatic heterocycles. The fourth-order valence-corrected chi connectivity index (χ4v) is 3.40. The lowest BCUT2D eigenvalue weighted by molar-refractivity contribution is -0.132. The van der Waals surface area contributed by atoms with Gasteiger partial charge in [-0.1, -0.05) is 11.6 Å². The lowest BCUT2D eigenvalue weighted by atomic mass is 10.1. The van der Waals surface area contributed by atoms with Crippen LogP contribution in [0.3, 0.4) is 0 Å². The number of piperidine rings is 1. The Kier molecular flexibility index (Phi) is 7.15. The average molecular weight is 323 g/mol. The van der Waals surface area contributed by atoms with Gasteiger partial charge in [-0.25, -0.2) is 0 Å². The smallest absolute Gasteiger partial charge is 0.222 e. The number of hydrogen-bond donors (Lipinski definition) is 1. The molecule has 0 radical (unpaired) electrons. The Labute approximate surface area is 129 Å². The number of likely N-dealkylation sites (N-methyl/N-ethyl adjacent to an activating group) is 1. The summed E-state index contributed by atoms with van der Waals surface area (Å²) in [5, 5.41) is 3.26. The molecule has 0 spiro atoms. The molecular weight excluding hydrogens is 303 g/mol. The van der Waals surface area contributed by atoms with Gasteiger partial charge in [-0.2, -0.15) is 0 Å². The second-order valence-corrected chi connectivity index (χ2v) is 6.47. The van der Waals surface area contributed by atoms with Crippen molar-refractivity contribution in [3.63, 3.8) is 0 Å². The molecule has 1 atom stereocenters. The van der Waals surface area contributed by atoms with Crippen molar-refractivity contribution < 1.29 is 4.79 Å². The molecular formula is C13H20Cl2N2OS. The van der Waals surface area contributed by atoms with Gasteiger partial charge in [-0.15, -0.1) is 23.7 Å². The number of hydrogen-bond acceptors (Lipinski definition) is 3. The van der Waals surface area contributed by atoms with Gasteiger partial charge in [0, 0.05) is 30.4 Å². The number of likely N-dealkylation sites (tertiary alicyclic amines) is 1. The number of thiophene rings is 1. The van der Waals surface area contributed by atoms with Crippen molar-refractivity contribution in [2.45, 2.75) is 31.7 Å². The van der Waals surface area contributed by atoms with Gasteiger partial charge in [0.05, 0.1) is 4.34 Å². The van der Waals surface area contributed by atoms with E-state index in [1.807, 2.05) is 24.1 Å².